The van der Waals surface area contributed by atoms with Gasteiger partial charge in [0.05, 0.1) is 12.1 Å². The number of carbonyl (C=O) groups excluding carboxylic acids is 1. The molecule has 1 aromatic rings. The first kappa shape index (κ1) is 16.0. The number of benzene rings is 1. The number of hydrogen-bond donors (Lipinski definition) is 3. The summed E-state index contributed by atoms with van der Waals surface area (Å²) in [7, 11) is 0. The Labute approximate surface area is 126 Å². The molecule has 0 heterocycles. The highest BCUT2D eigenvalue weighted by molar-refractivity contribution is 5.92. The lowest BCUT2D eigenvalue weighted by molar-refractivity contribution is -0.115. The van der Waals surface area contributed by atoms with Crippen molar-refractivity contribution in [1.29, 1.82) is 0 Å². The van der Waals surface area contributed by atoms with Gasteiger partial charge in [-0.05, 0) is 50.7 Å². The van der Waals surface area contributed by atoms with Gasteiger partial charge in [0.25, 0.3) is 0 Å². The molecule has 21 heavy (non-hydrogen) atoms. The van der Waals surface area contributed by atoms with Gasteiger partial charge in [-0.2, -0.15) is 0 Å². The van der Waals surface area contributed by atoms with Crippen LogP contribution >= 0.6 is 0 Å². The summed E-state index contributed by atoms with van der Waals surface area (Å²) in [6.45, 7) is 4.95. The summed E-state index contributed by atoms with van der Waals surface area (Å²) < 4.78 is 0. The van der Waals surface area contributed by atoms with E-state index in [-0.39, 0.29) is 12.5 Å². The van der Waals surface area contributed by atoms with Gasteiger partial charge in [0.2, 0.25) is 5.91 Å². The van der Waals surface area contributed by atoms with Crippen molar-refractivity contribution >= 4 is 11.6 Å². The van der Waals surface area contributed by atoms with E-state index in [9.17, 15) is 9.90 Å². The highest BCUT2D eigenvalue weighted by atomic mass is 16.3. The zero-order chi connectivity index (χ0) is 15.3. The lowest BCUT2D eigenvalue weighted by Gasteiger charge is -2.35. The first-order valence-electron chi connectivity index (χ1n) is 7.76. The van der Waals surface area contributed by atoms with Crippen LogP contribution in [0.4, 0.5) is 5.69 Å². The van der Waals surface area contributed by atoms with Gasteiger partial charge in [0, 0.05) is 12.2 Å². The Morgan fingerprint density at radius 1 is 1.29 bits per heavy atom. The number of aliphatic hydroxyl groups is 1. The second-order valence-electron chi connectivity index (χ2n) is 6.42. The number of amides is 1. The Morgan fingerprint density at radius 2 is 1.90 bits per heavy atom. The summed E-state index contributed by atoms with van der Waals surface area (Å²) in [5, 5.41) is 16.4. The molecule has 0 aliphatic heterocycles. The van der Waals surface area contributed by atoms with E-state index in [2.05, 4.69) is 17.6 Å². The van der Waals surface area contributed by atoms with Gasteiger partial charge in [-0.25, -0.2) is 0 Å². The molecule has 0 spiro atoms. The highest BCUT2D eigenvalue weighted by Crippen LogP contribution is 2.31. The number of nitrogens with one attached hydrogen (secondary N) is 2. The Balaban J connectivity index is 1.70. The van der Waals surface area contributed by atoms with E-state index in [1.165, 1.54) is 5.56 Å². The van der Waals surface area contributed by atoms with Crippen molar-refractivity contribution in [3.8, 4) is 0 Å². The summed E-state index contributed by atoms with van der Waals surface area (Å²) in [6.07, 6.45) is 3.77. The number of anilines is 1. The van der Waals surface area contributed by atoms with Crippen LogP contribution in [0.15, 0.2) is 24.3 Å². The topological polar surface area (TPSA) is 61.4 Å². The van der Waals surface area contributed by atoms with Crippen molar-refractivity contribution in [2.24, 2.45) is 5.92 Å². The van der Waals surface area contributed by atoms with E-state index in [4.69, 9.17) is 0 Å². The standard InChI is InChI=1S/C17H26N2O2/c1-13-3-5-15(6-4-13)19-16(20)11-18-12-17(21)9-7-14(2)8-10-17/h3-6,14,18,21H,7-12H2,1-2H3,(H,19,20). The summed E-state index contributed by atoms with van der Waals surface area (Å²) >= 11 is 0. The second-order valence-corrected chi connectivity index (χ2v) is 6.42. The minimum atomic E-state index is -0.642. The average molecular weight is 290 g/mol. The first-order valence-corrected chi connectivity index (χ1v) is 7.76. The monoisotopic (exact) mass is 290 g/mol. The second kappa shape index (κ2) is 7.05. The van der Waals surface area contributed by atoms with Crippen LogP contribution in [-0.2, 0) is 4.79 Å². The maximum Gasteiger partial charge on any atom is 0.238 e. The van der Waals surface area contributed by atoms with Crippen molar-refractivity contribution in [3.05, 3.63) is 29.8 Å². The molecular weight excluding hydrogens is 264 g/mol. The number of hydrogen-bond acceptors (Lipinski definition) is 3. The zero-order valence-electron chi connectivity index (χ0n) is 13.0. The molecule has 0 radical (unpaired) electrons. The molecular formula is C17H26N2O2. The van der Waals surface area contributed by atoms with Crippen LogP contribution in [0.25, 0.3) is 0 Å². The molecule has 2 rings (SSSR count). The average Bonchev–Trinajstić information content (AvgIpc) is 2.45. The van der Waals surface area contributed by atoms with Crippen LogP contribution in [-0.4, -0.2) is 29.7 Å². The number of carbonyl (C=O) groups is 1. The molecule has 1 aliphatic rings. The maximum atomic E-state index is 11.8. The van der Waals surface area contributed by atoms with Gasteiger partial charge in [-0.15, -0.1) is 0 Å². The third kappa shape index (κ3) is 5.14. The number of aryl methyl sites for hydroxylation is 1. The van der Waals surface area contributed by atoms with Crippen LogP contribution < -0.4 is 10.6 Å². The number of rotatable bonds is 5. The molecule has 4 heteroatoms. The highest BCUT2D eigenvalue weighted by Gasteiger charge is 2.31. The van der Waals surface area contributed by atoms with Gasteiger partial charge >= 0.3 is 0 Å². The smallest absolute Gasteiger partial charge is 0.238 e. The zero-order valence-corrected chi connectivity index (χ0v) is 13.0. The summed E-state index contributed by atoms with van der Waals surface area (Å²) in [4.78, 5) is 11.8. The van der Waals surface area contributed by atoms with E-state index in [0.717, 1.165) is 31.4 Å². The van der Waals surface area contributed by atoms with E-state index in [1.807, 2.05) is 31.2 Å². The van der Waals surface area contributed by atoms with Crippen molar-refractivity contribution in [1.82, 2.24) is 5.32 Å². The van der Waals surface area contributed by atoms with Crippen LogP contribution in [0.3, 0.4) is 0 Å². The fourth-order valence-electron chi connectivity index (χ4n) is 2.73. The lowest BCUT2D eigenvalue weighted by Crippen LogP contribution is -2.45. The summed E-state index contributed by atoms with van der Waals surface area (Å²) in [6, 6.07) is 7.72. The van der Waals surface area contributed by atoms with Gasteiger partial charge in [0.1, 0.15) is 0 Å². The van der Waals surface area contributed by atoms with E-state index < -0.39 is 5.60 Å². The normalized spacial score (nSPS) is 25.6. The molecule has 3 N–H and O–H groups in total. The molecule has 1 fully saturated rings. The lowest BCUT2D eigenvalue weighted by atomic mass is 9.79. The molecule has 0 atom stereocenters. The van der Waals surface area contributed by atoms with Crippen LogP contribution in [0.1, 0.15) is 38.2 Å². The Hall–Kier alpha value is -1.39. The fourth-order valence-corrected chi connectivity index (χ4v) is 2.73. The summed E-state index contributed by atoms with van der Waals surface area (Å²) in [5.74, 6) is 0.627. The minimum absolute atomic E-state index is 0.0772. The van der Waals surface area contributed by atoms with Crippen LogP contribution in [0.2, 0.25) is 0 Å². The Morgan fingerprint density at radius 3 is 2.52 bits per heavy atom. The SMILES string of the molecule is Cc1ccc(NC(=O)CNCC2(O)CCC(C)CC2)cc1. The van der Waals surface area contributed by atoms with Crippen molar-refractivity contribution in [2.75, 3.05) is 18.4 Å². The van der Waals surface area contributed by atoms with Gasteiger partial charge in [-0.1, -0.05) is 24.6 Å². The predicted octanol–water partition coefficient (Wildman–Crippen LogP) is 2.46. The van der Waals surface area contributed by atoms with Crippen molar-refractivity contribution in [3.63, 3.8) is 0 Å². The first-order chi connectivity index (χ1) is 9.97. The molecule has 4 nitrogen and oxygen atoms in total. The van der Waals surface area contributed by atoms with Crippen LogP contribution in [0.5, 0.6) is 0 Å². The molecule has 0 saturated heterocycles. The van der Waals surface area contributed by atoms with E-state index in [0.29, 0.717) is 12.5 Å². The van der Waals surface area contributed by atoms with Crippen molar-refractivity contribution in [2.45, 2.75) is 45.1 Å². The molecule has 0 unspecified atom stereocenters. The minimum Gasteiger partial charge on any atom is -0.389 e. The van der Waals surface area contributed by atoms with E-state index >= 15 is 0 Å². The van der Waals surface area contributed by atoms with Gasteiger partial charge in [-0.3, -0.25) is 4.79 Å². The molecule has 0 aromatic heterocycles. The molecule has 116 valence electrons. The van der Waals surface area contributed by atoms with Gasteiger partial charge in [0.15, 0.2) is 0 Å². The Kier molecular flexibility index (Phi) is 5.37. The fraction of sp³-hybridized carbons (Fsp3) is 0.588. The third-order valence-corrected chi connectivity index (χ3v) is 4.28. The van der Waals surface area contributed by atoms with Crippen molar-refractivity contribution < 1.29 is 9.90 Å². The molecule has 1 amide bonds. The molecule has 1 aliphatic carbocycles. The quantitative estimate of drug-likeness (QED) is 0.780. The predicted molar refractivity (Wildman–Crippen MR) is 85.3 cm³/mol. The summed E-state index contributed by atoms with van der Waals surface area (Å²) in [5.41, 5.74) is 1.33. The van der Waals surface area contributed by atoms with Crippen LogP contribution in [0, 0.1) is 12.8 Å². The van der Waals surface area contributed by atoms with Gasteiger partial charge < -0.3 is 15.7 Å². The molecule has 0 bridgehead atoms. The Bertz CT molecular complexity index is 462. The molecule has 1 saturated carbocycles. The third-order valence-electron chi connectivity index (χ3n) is 4.28. The van der Waals surface area contributed by atoms with E-state index in [1.54, 1.807) is 0 Å². The molecule has 1 aromatic carbocycles. The largest absolute Gasteiger partial charge is 0.389 e. The maximum absolute atomic E-state index is 11.8.